The van der Waals surface area contributed by atoms with E-state index < -0.39 is 0 Å². The van der Waals surface area contributed by atoms with Gasteiger partial charge in [0.2, 0.25) is 0 Å². The lowest BCUT2D eigenvalue weighted by atomic mass is 10.0. The third-order valence-electron chi connectivity index (χ3n) is 3.47. The molecule has 1 aliphatic rings. The van der Waals surface area contributed by atoms with E-state index in [-0.39, 0.29) is 0 Å². The molecule has 1 atom stereocenters. The highest BCUT2D eigenvalue weighted by atomic mass is 16.5. The Morgan fingerprint density at radius 1 is 1.24 bits per heavy atom. The van der Waals surface area contributed by atoms with E-state index in [1.807, 2.05) is 0 Å². The van der Waals surface area contributed by atoms with Crippen LogP contribution < -0.4 is 5.32 Å². The molecule has 1 aliphatic heterocycles. The Morgan fingerprint density at radius 3 is 2.71 bits per heavy atom. The number of rotatable bonds is 9. The summed E-state index contributed by atoms with van der Waals surface area (Å²) in [5, 5.41) is 3.58. The summed E-state index contributed by atoms with van der Waals surface area (Å²) in [5.74, 6) is 0.832. The first kappa shape index (κ1) is 14.9. The molecular weight excluding hydrogens is 212 g/mol. The molecule has 3 heteroatoms. The van der Waals surface area contributed by atoms with Crippen LogP contribution in [0.3, 0.4) is 0 Å². The van der Waals surface area contributed by atoms with Crippen molar-refractivity contribution in [3.8, 4) is 0 Å². The molecule has 0 spiro atoms. The van der Waals surface area contributed by atoms with Gasteiger partial charge in [-0.25, -0.2) is 0 Å². The van der Waals surface area contributed by atoms with Crippen molar-refractivity contribution in [2.75, 3.05) is 45.9 Å². The van der Waals surface area contributed by atoms with Crippen LogP contribution in [0.2, 0.25) is 0 Å². The molecule has 3 nitrogen and oxygen atoms in total. The Morgan fingerprint density at radius 2 is 2.00 bits per heavy atom. The van der Waals surface area contributed by atoms with Crippen molar-refractivity contribution in [1.82, 2.24) is 10.2 Å². The largest absolute Gasteiger partial charge is 0.379 e. The standard InChI is InChI=1S/C14H30N2O/c1-3-4-6-14(2)13-15-7-5-8-16-9-11-17-12-10-16/h14-15H,3-13H2,1-2H3. The first-order valence-corrected chi connectivity index (χ1v) is 7.33. The lowest BCUT2D eigenvalue weighted by Crippen LogP contribution is -2.37. The number of nitrogens with one attached hydrogen (secondary N) is 1. The van der Waals surface area contributed by atoms with Crippen molar-refractivity contribution in [3.63, 3.8) is 0 Å². The highest BCUT2D eigenvalue weighted by Gasteiger charge is 2.09. The Kier molecular flexibility index (Phi) is 8.67. The first-order valence-electron chi connectivity index (χ1n) is 7.33. The molecule has 0 bridgehead atoms. The maximum absolute atomic E-state index is 5.34. The van der Waals surface area contributed by atoms with E-state index in [1.54, 1.807) is 0 Å². The van der Waals surface area contributed by atoms with Crippen LogP contribution in [0, 0.1) is 5.92 Å². The molecule has 0 amide bonds. The lowest BCUT2D eigenvalue weighted by Gasteiger charge is -2.26. The zero-order valence-corrected chi connectivity index (χ0v) is 11.7. The van der Waals surface area contributed by atoms with E-state index in [9.17, 15) is 0 Å². The molecule has 102 valence electrons. The minimum Gasteiger partial charge on any atom is -0.379 e. The normalized spacial score (nSPS) is 19.4. The fraction of sp³-hybridized carbons (Fsp3) is 1.00. The molecule has 1 heterocycles. The van der Waals surface area contributed by atoms with Crippen LogP contribution in [0.4, 0.5) is 0 Å². The molecular formula is C14H30N2O. The second-order valence-corrected chi connectivity index (χ2v) is 5.26. The Labute approximate surface area is 107 Å². The van der Waals surface area contributed by atoms with Crippen LogP contribution >= 0.6 is 0 Å². The van der Waals surface area contributed by atoms with E-state index in [1.165, 1.54) is 38.8 Å². The minimum absolute atomic E-state index is 0.832. The number of unbranched alkanes of at least 4 members (excludes halogenated alkanes) is 1. The van der Waals surface area contributed by atoms with Crippen molar-refractivity contribution in [1.29, 1.82) is 0 Å². The monoisotopic (exact) mass is 242 g/mol. The number of nitrogens with zero attached hydrogens (tertiary/aromatic N) is 1. The van der Waals surface area contributed by atoms with Gasteiger partial charge in [-0.2, -0.15) is 0 Å². The van der Waals surface area contributed by atoms with Crippen molar-refractivity contribution < 1.29 is 4.74 Å². The molecule has 0 aromatic heterocycles. The first-order chi connectivity index (χ1) is 8.33. The van der Waals surface area contributed by atoms with Gasteiger partial charge in [-0.15, -0.1) is 0 Å². The predicted molar refractivity (Wildman–Crippen MR) is 73.4 cm³/mol. The van der Waals surface area contributed by atoms with Gasteiger partial charge < -0.3 is 10.1 Å². The second-order valence-electron chi connectivity index (χ2n) is 5.26. The summed E-state index contributed by atoms with van der Waals surface area (Å²) in [6, 6.07) is 0. The fourth-order valence-electron chi connectivity index (χ4n) is 2.26. The Bertz CT molecular complexity index is 170. The third kappa shape index (κ3) is 7.74. The average molecular weight is 242 g/mol. The molecule has 1 rings (SSSR count). The maximum atomic E-state index is 5.34. The molecule has 0 aromatic carbocycles. The minimum atomic E-state index is 0.832. The van der Waals surface area contributed by atoms with Crippen molar-refractivity contribution in [2.45, 2.75) is 39.5 Å². The van der Waals surface area contributed by atoms with Gasteiger partial charge in [0.15, 0.2) is 0 Å². The van der Waals surface area contributed by atoms with Crippen LogP contribution in [0.15, 0.2) is 0 Å². The van der Waals surface area contributed by atoms with Crippen LogP contribution in [0.1, 0.15) is 39.5 Å². The molecule has 17 heavy (non-hydrogen) atoms. The van der Waals surface area contributed by atoms with Crippen LogP contribution in [0.25, 0.3) is 0 Å². The van der Waals surface area contributed by atoms with E-state index in [0.717, 1.165) is 38.8 Å². The van der Waals surface area contributed by atoms with Gasteiger partial charge in [0.05, 0.1) is 13.2 Å². The molecule has 1 saturated heterocycles. The molecule has 0 radical (unpaired) electrons. The van der Waals surface area contributed by atoms with Gasteiger partial charge in [-0.3, -0.25) is 4.90 Å². The Hall–Kier alpha value is -0.120. The zero-order chi connectivity index (χ0) is 12.3. The van der Waals surface area contributed by atoms with Crippen LogP contribution in [0.5, 0.6) is 0 Å². The third-order valence-corrected chi connectivity index (χ3v) is 3.47. The molecule has 1 unspecified atom stereocenters. The molecule has 0 saturated carbocycles. The van der Waals surface area contributed by atoms with E-state index in [2.05, 4.69) is 24.1 Å². The maximum Gasteiger partial charge on any atom is 0.0594 e. The second kappa shape index (κ2) is 9.86. The summed E-state index contributed by atoms with van der Waals surface area (Å²) in [5.41, 5.74) is 0. The number of hydrogen-bond acceptors (Lipinski definition) is 3. The van der Waals surface area contributed by atoms with Gasteiger partial charge in [0.1, 0.15) is 0 Å². The van der Waals surface area contributed by atoms with E-state index >= 15 is 0 Å². The van der Waals surface area contributed by atoms with Gasteiger partial charge in [-0.1, -0.05) is 26.7 Å². The van der Waals surface area contributed by atoms with Crippen molar-refractivity contribution in [3.05, 3.63) is 0 Å². The van der Waals surface area contributed by atoms with E-state index in [0.29, 0.717) is 0 Å². The average Bonchev–Trinajstić information content (AvgIpc) is 2.37. The van der Waals surface area contributed by atoms with Gasteiger partial charge in [0.25, 0.3) is 0 Å². The molecule has 1 fully saturated rings. The van der Waals surface area contributed by atoms with Crippen molar-refractivity contribution >= 4 is 0 Å². The summed E-state index contributed by atoms with van der Waals surface area (Å²) >= 11 is 0. The molecule has 0 aliphatic carbocycles. The summed E-state index contributed by atoms with van der Waals surface area (Å²) in [4.78, 5) is 2.51. The summed E-state index contributed by atoms with van der Waals surface area (Å²) in [6.45, 7) is 12.3. The molecule has 0 aromatic rings. The smallest absolute Gasteiger partial charge is 0.0594 e. The predicted octanol–water partition coefficient (Wildman–Crippen LogP) is 2.12. The Balaban J connectivity index is 1.86. The number of hydrogen-bond donors (Lipinski definition) is 1. The highest BCUT2D eigenvalue weighted by Crippen LogP contribution is 2.05. The number of morpholine rings is 1. The lowest BCUT2D eigenvalue weighted by molar-refractivity contribution is 0.0374. The quantitative estimate of drug-likeness (QED) is 0.627. The number of ether oxygens (including phenoxy) is 1. The van der Waals surface area contributed by atoms with Gasteiger partial charge in [-0.05, 0) is 38.4 Å². The fourth-order valence-corrected chi connectivity index (χ4v) is 2.26. The highest BCUT2D eigenvalue weighted by molar-refractivity contribution is 4.63. The van der Waals surface area contributed by atoms with E-state index in [4.69, 9.17) is 4.74 Å². The topological polar surface area (TPSA) is 24.5 Å². The molecule has 1 N–H and O–H groups in total. The van der Waals surface area contributed by atoms with Gasteiger partial charge >= 0.3 is 0 Å². The van der Waals surface area contributed by atoms with Gasteiger partial charge in [0, 0.05) is 13.1 Å². The van der Waals surface area contributed by atoms with Crippen molar-refractivity contribution in [2.24, 2.45) is 5.92 Å². The SMILES string of the molecule is CCCCC(C)CNCCCN1CCOCC1. The summed E-state index contributed by atoms with van der Waals surface area (Å²) in [7, 11) is 0. The summed E-state index contributed by atoms with van der Waals surface area (Å²) in [6.07, 6.45) is 5.32. The summed E-state index contributed by atoms with van der Waals surface area (Å²) < 4.78 is 5.34. The van der Waals surface area contributed by atoms with Crippen LogP contribution in [-0.4, -0.2) is 50.8 Å². The zero-order valence-electron chi connectivity index (χ0n) is 11.7. The van der Waals surface area contributed by atoms with Crippen LogP contribution in [-0.2, 0) is 4.74 Å².